The average Bonchev–Trinajstić information content (AvgIpc) is 2.96. The van der Waals surface area contributed by atoms with Crippen molar-refractivity contribution in [1.82, 2.24) is 9.80 Å². The van der Waals surface area contributed by atoms with E-state index in [1.165, 1.54) is 5.39 Å². The van der Waals surface area contributed by atoms with Crippen LogP contribution >= 0.6 is 23.2 Å². The van der Waals surface area contributed by atoms with Crippen molar-refractivity contribution in [2.45, 2.75) is 64.1 Å². The summed E-state index contributed by atoms with van der Waals surface area (Å²) in [5.74, 6) is 0.612. The second kappa shape index (κ2) is 15.1. The van der Waals surface area contributed by atoms with Crippen LogP contribution in [0, 0.1) is 5.92 Å². The second-order valence-corrected chi connectivity index (χ2v) is 12.5. The van der Waals surface area contributed by atoms with E-state index in [0.29, 0.717) is 48.4 Å². The normalized spacial score (nSPS) is 19.0. The zero-order chi connectivity index (χ0) is 30.2. The Kier molecular flexibility index (Phi) is 11.5. The summed E-state index contributed by atoms with van der Waals surface area (Å²) in [6.45, 7) is 7.11. The number of nitrogens with zero attached hydrogens (tertiary/aromatic N) is 3. The fourth-order valence-corrected chi connectivity index (χ4v) is 6.49. The Morgan fingerprint density at radius 3 is 2.52 bits per heavy atom. The van der Waals surface area contributed by atoms with Crippen molar-refractivity contribution in [3.63, 3.8) is 0 Å². The zero-order valence-corrected chi connectivity index (χ0v) is 26.2. The lowest BCUT2D eigenvalue weighted by atomic mass is 9.90. The first-order valence-corrected chi connectivity index (χ1v) is 15.7. The van der Waals surface area contributed by atoms with E-state index in [1.54, 1.807) is 6.07 Å². The number of hydrogen-bond acceptors (Lipinski definition) is 4. The van der Waals surface area contributed by atoms with Gasteiger partial charge in [0.2, 0.25) is 5.91 Å². The molecule has 0 aromatic heterocycles. The third kappa shape index (κ3) is 8.60. The van der Waals surface area contributed by atoms with Gasteiger partial charge in [0.05, 0.1) is 6.42 Å². The van der Waals surface area contributed by atoms with Crippen molar-refractivity contribution in [3.8, 4) is 0 Å². The molecule has 3 aromatic rings. The Morgan fingerprint density at radius 2 is 1.81 bits per heavy atom. The van der Waals surface area contributed by atoms with Gasteiger partial charge in [-0.1, -0.05) is 92.0 Å². The predicted molar refractivity (Wildman–Crippen MR) is 176 cm³/mol. The lowest BCUT2D eigenvalue weighted by molar-refractivity contribution is -0.139. The van der Waals surface area contributed by atoms with E-state index in [-0.39, 0.29) is 30.0 Å². The van der Waals surface area contributed by atoms with E-state index >= 15 is 0 Å². The number of amides is 1. The molecule has 1 fully saturated rings. The lowest BCUT2D eigenvalue weighted by Gasteiger charge is -2.49. The molecule has 1 saturated heterocycles. The highest BCUT2D eigenvalue weighted by Crippen LogP contribution is 2.28. The molecule has 226 valence electrons. The van der Waals surface area contributed by atoms with Gasteiger partial charge in [-0.2, -0.15) is 0 Å². The Morgan fingerprint density at radius 1 is 1.05 bits per heavy atom. The Hall–Kier alpha value is -2.84. The van der Waals surface area contributed by atoms with Gasteiger partial charge < -0.3 is 22.1 Å². The summed E-state index contributed by atoms with van der Waals surface area (Å²) in [5, 5.41) is 3.57. The van der Waals surface area contributed by atoms with E-state index in [2.05, 4.69) is 59.0 Å². The molecule has 1 aliphatic heterocycles. The quantitative estimate of drug-likeness (QED) is 0.147. The van der Waals surface area contributed by atoms with Crippen molar-refractivity contribution in [2.75, 3.05) is 26.2 Å². The van der Waals surface area contributed by atoms with Crippen LogP contribution in [0.2, 0.25) is 10.0 Å². The monoisotopic (exact) mass is 610 g/mol. The third-order valence-corrected chi connectivity index (χ3v) is 9.08. The molecule has 0 aliphatic carbocycles. The van der Waals surface area contributed by atoms with Crippen LogP contribution in [-0.2, 0) is 17.6 Å². The molecule has 4 rings (SSSR count). The van der Waals surface area contributed by atoms with Crippen LogP contribution < -0.4 is 17.2 Å². The van der Waals surface area contributed by atoms with E-state index < -0.39 is 0 Å². The van der Waals surface area contributed by atoms with Gasteiger partial charge in [-0.15, -0.1) is 0 Å². The van der Waals surface area contributed by atoms with Crippen molar-refractivity contribution >= 4 is 45.8 Å². The van der Waals surface area contributed by atoms with Crippen molar-refractivity contribution in [2.24, 2.45) is 28.1 Å². The van der Waals surface area contributed by atoms with Crippen LogP contribution in [0.5, 0.6) is 0 Å². The smallest absolute Gasteiger partial charge is 0.227 e. The number of hydrogen-bond donors (Lipinski definition) is 3. The fourth-order valence-electron chi connectivity index (χ4n) is 6.00. The van der Waals surface area contributed by atoms with Gasteiger partial charge in [0.25, 0.3) is 0 Å². The minimum atomic E-state index is -0.124. The van der Waals surface area contributed by atoms with Crippen LogP contribution in [0.3, 0.4) is 0 Å². The molecular weight excluding hydrogens is 567 g/mol. The van der Waals surface area contributed by atoms with Crippen LogP contribution in [0.25, 0.3) is 10.8 Å². The molecule has 0 radical (unpaired) electrons. The number of aliphatic imine (C=N–C) groups is 1. The van der Waals surface area contributed by atoms with Gasteiger partial charge >= 0.3 is 0 Å². The topological polar surface area (TPSA) is 114 Å². The number of fused-ring (bicyclic) bond motifs is 1. The standard InChI is InChI=1S/C33H44Cl2N6O/c1-3-22(2)31-21-40(19-28(36)17-26-12-13-27(34)18-30(26)35)29(9-6-14-39-33(37)38)20-41(31)32(42)16-23-10-11-24-7-4-5-8-25(24)15-23/h4-5,7-8,10-13,15,18,22,28-29,31H,3,6,9,14,16-17,19-21,36H2,1-2H3,(H4,37,38,39). The van der Waals surface area contributed by atoms with Crippen LogP contribution in [0.4, 0.5) is 0 Å². The molecule has 7 nitrogen and oxygen atoms in total. The summed E-state index contributed by atoms with van der Waals surface area (Å²) in [7, 11) is 0. The third-order valence-electron chi connectivity index (χ3n) is 8.49. The zero-order valence-electron chi connectivity index (χ0n) is 24.7. The van der Waals surface area contributed by atoms with Gasteiger partial charge in [0.1, 0.15) is 0 Å². The highest BCUT2D eigenvalue weighted by molar-refractivity contribution is 6.35. The van der Waals surface area contributed by atoms with E-state index in [9.17, 15) is 4.79 Å². The first-order chi connectivity index (χ1) is 20.1. The first kappa shape index (κ1) is 32.1. The molecule has 0 bridgehead atoms. The second-order valence-electron chi connectivity index (χ2n) is 11.6. The lowest BCUT2D eigenvalue weighted by Crippen LogP contribution is -2.63. The van der Waals surface area contributed by atoms with E-state index in [1.807, 2.05) is 24.3 Å². The maximum absolute atomic E-state index is 13.9. The van der Waals surface area contributed by atoms with Crippen LogP contribution in [-0.4, -0.2) is 66.0 Å². The minimum Gasteiger partial charge on any atom is -0.370 e. The summed E-state index contributed by atoms with van der Waals surface area (Å²) in [5.41, 5.74) is 19.9. The summed E-state index contributed by atoms with van der Waals surface area (Å²) >= 11 is 12.6. The molecule has 1 amide bonds. The summed E-state index contributed by atoms with van der Waals surface area (Å²) in [6.07, 6.45) is 3.69. The number of carbonyl (C=O) groups is 1. The predicted octanol–water partition coefficient (Wildman–Crippen LogP) is 5.24. The molecule has 42 heavy (non-hydrogen) atoms. The van der Waals surface area contributed by atoms with E-state index in [0.717, 1.165) is 42.3 Å². The summed E-state index contributed by atoms with van der Waals surface area (Å²) in [4.78, 5) is 22.7. The molecule has 0 saturated carbocycles. The molecule has 1 heterocycles. The highest BCUT2D eigenvalue weighted by atomic mass is 35.5. The molecular formula is C33H44Cl2N6O. The number of halogens is 2. The van der Waals surface area contributed by atoms with Crippen molar-refractivity contribution < 1.29 is 4.79 Å². The average molecular weight is 612 g/mol. The fraction of sp³-hybridized carbons (Fsp3) is 0.455. The Balaban J connectivity index is 1.53. The minimum absolute atomic E-state index is 0.0985. The van der Waals surface area contributed by atoms with Gasteiger partial charge in [-0.3, -0.25) is 14.7 Å². The molecule has 1 aliphatic rings. The van der Waals surface area contributed by atoms with Crippen LogP contribution in [0.1, 0.15) is 44.2 Å². The van der Waals surface area contributed by atoms with Gasteiger partial charge in [0, 0.05) is 54.3 Å². The Bertz CT molecular complexity index is 1380. The highest BCUT2D eigenvalue weighted by Gasteiger charge is 2.38. The summed E-state index contributed by atoms with van der Waals surface area (Å²) in [6, 6.07) is 20.2. The van der Waals surface area contributed by atoms with Crippen molar-refractivity contribution in [3.05, 3.63) is 81.8 Å². The first-order valence-electron chi connectivity index (χ1n) is 14.9. The van der Waals surface area contributed by atoms with Gasteiger partial charge in [-0.05, 0) is 59.2 Å². The molecule has 3 aromatic carbocycles. The van der Waals surface area contributed by atoms with Gasteiger partial charge in [-0.25, -0.2) is 0 Å². The maximum atomic E-state index is 13.9. The SMILES string of the molecule is CCC(C)C1CN(CC(N)Cc2ccc(Cl)cc2Cl)C(CCCN=C(N)N)CN1C(=O)Cc1ccc2ccccc2c1. The number of piperazine rings is 1. The maximum Gasteiger partial charge on any atom is 0.227 e. The van der Waals surface area contributed by atoms with Crippen molar-refractivity contribution in [1.29, 1.82) is 0 Å². The summed E-state index contributed by atoms with van der Waals surface area (Å²) < 4.78 is 0. The number of nitrogens with two attached hydrogens (primary N) is 3. The number of carbonyl (C=O) groups excluding carboxylic acids is 1. The number of rotatable bonds is 12. The number of guanidine groups is 1. The number of benzene rings is 3. The molecule has 4 unspecified atom stereocenters. The molecule has 9 heteroatoms. The molecule has 0 spiro atoms. The largest absolute Gasteiger partial charge is 0.370 e. The van der Waals surface area contributed by atoms with Gasteiger partial charge in [0.15, 0.2) is 5.96 Å². The molecule has 4 atom stereocenters. The molecule has 6 N–H and O–H groups in total. The van der Waals surface area contributed by atoms with Crippen LogP contribution in [0.15, 0.2) is 65.7 Å². The van der Waals surface area contributed by atoms with E-state index in [4.69, 9.17) is 40.4 Å². The Labute approximate surface area is 260 Å².